The van der Waals surface area contributed by atoms with Gasteiger partial charge in [0.25, 0.3) is 5.92 Å². The topological polar surface area (TPSA) is 92.7 Å². The first-order valence-corrected chi connectivity index (χ1v) is 19.7. The molecule has 1 spiro atoms. The molecule has 0 bridgehead atoms. The van der Waals surface area contributed by atoms with Crippen LogP contribution in [-0.4, -0.2) is 72.6 Å². The Labute approximate surface area is 295 Å². The number of alkyl halides is 5. The number of nitrogens with one attached hydrogen (secondary N) is 1. The number of fused-ring (bicyclic) bond motifs is 1. The number of hydrogen-bond acceptors (Lipinski definition) is 8. The van der Waals surface area contributed by atoms with Crippen molar-refractivity contribution in [3.8, 4) is 0 Å². The predicted molar refractivity (Wildman–Crippen MR) is 185 cm³/mol. The maximum Gasteiger partial charge on any atom is 0.435 e. The summed E-state index contributed by atoms with van der Waals surface area (Å²) < 4.78 is 101. The molecule has 0 saturated carbocycles. The molecule has 2 aliphatic rings. The number of aryl methyl sites for hydroxylation is 1. The largest absolute Gasteiger partial charge is 0.444 e. The molecule has 0 radical (unpaired) electrons. The Morgan fingerprint density at radius 1 is 1.00 bits per heavy atom. The molecule has 4 heterocycles. The van der Waals surface area contributed by atoms with Gasteiger partial charge in [0.05, 0.1) is 22.7 Å². The van der Waals surface area contributed by atoms with Gasteiger partial charge in [-0.3, -0.25) is 0 Å². The fourth-order valence-corrected chi connectivity index (χ4v) is 7.06. The third kappa shape index (κ3) is 7.91. The lowest BCUT2D eigenvalue weighted by molar-refractivity contribution is -0.140. The summed E-state index contributed by atoms with van der Waals surface area (Å²) in [6.07, 6.45) is -5.28. The SMILES string of the molecule is Cc1nc(N[C@H](C)c2cccc(C(F)(F)CO[Si](C)(C)C(C)(C)C)c2F)c2cc(N3CC4(CN(C(=O)OC(C)(C)C)C4)C3)c(C(F)(F)F)nc2n1. The standard InChI is InChI=1S/C35H46F6N6O3Si/c1-20(22-12-11-13-24(26(22)36)34(37,38)19-49-51(9,10)32(6,7)8)42-28-23-14-25(27(35(39,40)41)45-29(23)44-21(2)43-28)46-15-33(16-46)17-47(18-33)30(48)50-31(3,4)5/h11-14,20H,15-19H2,1-10H3,(H,42,43,44,45)/t20-/m1/s1. The molecule has 1 amide bonds. The number of carbonyl (C=O) groups is 1. The molecule has 0 aliphatic carbocycles. The van der Waals surface area contributed by atoms with Crippen LogP contribution in [0.25, 0.3) is 11.0 Å². The summed E-state index contributed by atoms with van der Waals surface area (Å²) in [6, 6.07) is 4.08. The van der Waals surface area contributed by atoms with E-state index in [-0.39, 0.29) is 57.5 Å². The highest BCUT2D eigenvalue weighted by atomic mass is 28.4. The van der Waals surface area contributed by atoms with Crippen molar-refractivity contribution in [2.75, 3.05) is 43.0 Å². The Hall–Kier alpha value is -3.66. The quantitative estimate of drug-likeness (QED) is 0.181. The van der Waals surface area contributed by atoms with E-state index in [2.05, 4.69) is 20.3 Å². The molecule has 2 fully saturated rings. The summed E-state index contributed by atoms with van der Waals surface area (Å²) in [6.45, 7) is 17.9. The van der Waals surface area contributed by atoms with Crippen LogP contribution in [0.2, 0.25) is 18.1 Å². The number of likely N-dealkylation sites (tertiary alicyclic amines) is 1. The molecule has 16 heteroatoms. The molecule has 2 saturated heterocycles. The lowest BCUT2D eigenvalue weighted by Gasteiger charge is -2.60. The summed E-state index contributed by atoms with van der Waals surface area (Å²) >= 11 is 0. The van der Waals surface area contributed by atoms with Gasteiger partial charge in [-0.25, -0.2) is 24.1 Å². The minimum atomic E-state index is -4.81. The highest BCUT2D eigenvalue weighted by Gasteiger charge is 2.55. The Morgan fingerprint density at radius 2 is 1.63 bits per heavy atom. The van der Waals surface area contributed by atoms with E-state index in [0.717, 1.165) is 6.07 Å². The monoisotopic (exact) mass is 740 g/mol. The lowest BCUT2D eigenvalue weighted by atomic mass is 9.72. The van der Waals surface area contributed by atoms with Crippen molar-refractivity contribution in [1.29, 1.82) is 0 Å². The van der Waals surface area contributed by atoms with Crippen LogP contribution in [-0.2, 0) is 21.3 Å². The molecule has 0 unspecified atom stereocenters. The van der Waals surface area contributed by atoms with Gasteiger partial charge >= 0.3 is 12.3 Å². The van der Waals surface area contributed by atoms with E-state index in [1.165, 1.54) is 30.0 Å². The van der Waals surface area contributed by atoms with E-state index in [9.17, 15) is 18.0 Å². The van der Waals surface area contributed by atoms with E-state index in [0.29, 0.717) is 13.1 Å². The Morgan fingerprint density at radius 3 is 2.20 bits per heavy atom. The van der Waals surface area contributed by atoms with Gasteiger partial charge < -0.3 is 24.3 Å². The Bertz CT molecular complexity index is 1810. The molecular weight excluding hydrogens is 694 g/mol. The van der Waals surface area contributed by atoms with E-state index < -0.39 is 61.8 Å². The molecule has 1 atom stereocenters. The summed E-state index contributed by atoms with van der Waals surface area (Å²) in [5.74, 6) is -4.57. The van der Waals surface area contributed by atoms with Crippen LogP contribution in [0, 0.1) is 18.2 Å². The van der Waals surface area contributed by atoms with Crippen molar-refractivity contribution < 1.29 is 40.3 Å². The van der Waals surface area contributed by atoms with Crippen LogP contribution in [0.3, 0.4) is 0 Å². The molecule has 1 N–H and O–H groups in total. The minimum absolute atomic E-state index is 0.0697. The maximum atomic E-state index is 15.9. The number of nitrogens with zero attached hydrogens (tertiary/aromatic N) is 5. The van der Waals surface area contributed by atoms with Gasteiger partial charge in [-0.05, 0) is 64.9 Å². The van der Waals surface area contributed by atoms with Crippen molar-refractivity contribution in [2.45, 2.75) is 97.3 Å². The predicted octanol–water partition coefficient (Wildman–Crippen LogP) is 8.83. The number of ether oxygens (including phenoxy) is 1. The highest BCUT2D eigenvalue weighted by Crippen LogP contribution is 2.47. The number of amides is 1. The van der Waals surface area contributed by atoms with Crippen LogP contribution in [0.5, 0.6) is 0 Å². The second-order valence-corrected chi connectivity index (χ2v) is 21.2. The third-order valence-electron chi connectivity index (χ3n) is 9.81. The molecule has 9 nitrogen and oxygen atoms in total. The van der Waals surface area contributed by atoms with Crippen LogP contribution in [0.1, 0.15) is 77.2 Å². The minimum Gasteiger partial charge on any atom is -0.444 e. The van der Waals surface area contributed by atoms with E-state index >= 15 is 13.2 Å². The number of halogens is 6. The van der Waals surface area contributed by atoms with Crippen molar-refractivity contribution in [2.24, 2.45) is 5.41 Å². The normalized spacial score (nSPS) is 17.3. The number of pyridine rings is 1. The molecule has 2 aromatic heterocycles. The molecule has 51 heavy (non-hydrogen) atoms. The van der Waals surface area contributed by atoms with Crippen molar-refractivity contribution >= 4 is 36.9 Å². The zero-order valence-electron chi connectivity index (χ0n) is 30.7. The molecule has 3 aromatic rings. The van der Waals surface area contributed by atoms with Crippen LogP contribution >= 0.6 is 0 Å². The first kappa shape index (κ1) is 38.6. The van der Waals surface area contributed by atoms with Crippen molar-refractivity contribution in [3.63, 3.8) is 0 Å². The van der Waals surface area contributed by atoms with Crippen LogP contribution < -0.4 is 10.2 Å². The fraction of sp³-hybridized carbons (Fsp3) is 0.600. The zero-order valence-corrected chi connectivity index (χ0v) is 31.7. The number of rotatable bonds is 8. The van der Waals surface area contributed by atoms with E-state index in [1.54, 1.807) is 32.6 Å². The average Bonchev–Trinajstić information content (AvgIpc) is 2.92. The number of anilines is 2. The highest BCUT2D eigenvalue weighted by molar-refractivity contribution is 6.74. The average molecular weight is 741 g/mol. The second kappa shape index (κ2) is 12.8. The van der Waals surface area contributed by atoms with Gasteiger partial charge in [0.15, 0.2) is 19.7 Å². The van der Waals surface area contributed by atoms with Crippen LogP contribution in [0.4, 0.5) is 42.6 Å². The molecule has 1 aromatic carbocycles. The Kier molecular flexibility index (Phi) is 9.66. The smallest absolute Gasteiger partial charge is 0.435 e. The molecule has 2 aliphatic heterocycles. The van der Waals surface area contributed by atoms with Crippen molar-refractivity contribution in [1.82, 2.24) is 19.9 Å². The molecule has 280 valence electrons. The molecular formula is C35H46F6N6O3Si. The van der Waals surface area contributed by atoms with Crippen LogP contribution in [0.15, 0.2) is 24.3 Å². The summed E-state index contributed by atoms with van der Waals surface area (Å²) in [5, 5.41) is 2.83. The Balaban J connectivity index is 1.41. The number of benzene rings is 1. The summed E-state index contributed by atoms with van der Waals surface area (Å²) in [4.78, 5) is 28.0. The van der Waals surface area contributed by atoms with E-state index in [1.807, 2.05) is 33.9 Å². The van der Waals surface area contributed by atoms with Gasteiger partial charge in [0.2, 0.25) is 0 Å². The first-order chi connectivity index (χ1) is 23.2. The van der Waals surface area contributed by atoms with Gasteiger partial charge in [0.1, 0.15) is 29.7 Å². The van der Waals surface area contributed by atoms with E-state index in [4.69, 9.17) is 9.16 Å². The lowest BCUT2D eigenvalue weighted by Crippen LogP contribution is -2.73. The third-order valence-corrected chi connectivity index (χ3v) is 14.3. The number of aromatic nitrogens is 3. The summed E-state index contributed by atoms with van der Waals surface area (Å²) in [5.41, 5.74) is -3.50. The van der Waals surface area contributed by atoms with Crippen molar-refractivity contribution in [3.05, 3.63) is 52.7 Å². The first-order valence-electron chi connectivity index (χ1n) is 16.8. The fourth-order valence-electron chi connectivity index (χ4n) is 6.08. The second-order valence-electron chi connectivity index (χ2n) is 16.4. The number of carbonyl (C=O) groups excluding carboxylic acids is 1. The van der Waals surface area contributed by atoms with Gasteiger partial charge in [0, 0.05) is 37.2 Å². The van der Waals surface area contributed by atoms with Gasteiger partial charge in [-0.15, -0.1) is 0 Å². The zero-order chi connectivity index (χ0) is 38.1. The number of hydrogen-bond donors (Lipinski definition) is 1. The van der Waals surface area contributed by atoms with Gasteiger partial charge in [-0.1, -0.05) is 32.9 Å². The summed E-state index contributed by atoms with van der Waals surface area (Å²) in [7, 11) is -2.56. The van der Waals surface area contributed by atoms with Gasteiger partial charge in [-0.2, -0.15) is 22.0 Å². The maximum absolute atomic E-state index is 15.9. The molecule has 5 rings (SSSR count).